The third-order valence-electron chi connectivity index (χ3n) is 3.10. The quantitative estimate of drug-likeness (QED) is 0.714. The Balaban J connectivity index is 2.16. The van der Waals surface area contributed by atoms with Crippen molar-refractivity contribution in [1.82, 2.24) is 10.6 Å². The lowest BCUT2D eigenvalue weighted by atomic mass is 10.1. The summed E-state index contributed by atoms with van der Waals surface area (Å²) in [6.07, 6.45) is 6.11. The first-order valence-corrected chi connectivity index (χ1v) is 6.16. The van der Waals surface area contributed by atoms with Crippen LogP contribution in [0.1, 0.15) is 45.4 Å². The Bertz CT molecular complexity index is 253. The molecule has 1 fully saturated rings. The molecule has 0 aliphatic heterocycles. The summed E-state index contributed by atoms with van der Waals surface area (Å²) in [4.78, 5) is 11.6. The molecule has 0 radical (unpaired) electrons. The molecule has 1 amide bonds. The van der Waals surface area contributed by atoms with Gasteiger partial charge in [0, 0.05) is 12.1 Å². The summed E-state index contributed by atoms with van der Waals surface area (Å²) in [6.45, 7) is 2.36. The van der Waals surface area contributed by atoms with Gasteiger partial charge in [0.15, 0.2) is 0 Å². The van der Waals surface area contributed by atoms with Crippen LogP contribution in [-0.4, -0.2) is 24.5 Å². The molecule has 1 rings (SSSR count). The van der Waals surface area contributed by atoms with Crippen LogP contribution in [0.25, 0.3) is 0 Å². The van der Waals surface area contributed by atoms with E-state index in [1.807, 2.05) is 6.92 Å². The number of hydrogen-bond acceptors (Lipinski definition) is 3. The maximum Gasteiger partial charge on any atom is 0.234 e. The van der Waals surface area contributed by atoms with Crippen molar-refractivity contribution in [2.45, 2.75) is 57.5 Å². The van der Waals surface area contributed by atoms with Crippen molar-refractivity contribution in [2.75, 3.05) is 6.54 Å². The zero-order chi connectivity index (χ0) is 11.8. The first-order chi connectivity index (χ1) is 7.76. The molecule has 1 atom stereocenters. The standard InChI is InChI=1S/C12H21N3O/c1-2-10(7-8-13)15-12(16)9-14-11-5-3-4-6-11/h10-11,14H,2-7,9H2,1H3,(H,15,16). The van der Waals surface area contributed by atoms with Gasteiger partial charge in [0.2, 0.25) is 5.91 Å². The Morgan fingerprint density at radius 2 is 2.19 bits per heavy atom. The number of carbonyl (C=O) groups excluding carboxylic acids is 1. The number of nitrogens with one attached hydrogen (secondary N) is 2. The van der Waals surface area contributed by atoms with Gasteiger partial charge in [-0.2, -0.15) is 5.26 Å². The predicted octanol–water partition coefficient (Wildman–Crippen LogP) is 1.33. The van der Waals surface area contributed by atoms with E-state index in [-0.39, 0.29) is 11.9 Å². The highest BCUT2D eigenvalue weighted by Crippen LogP contribution is 2.17. The molecule has 0 aromatic rings. The van der Waals surface area contributed by atoms with E-state index in [9.17, 15) is 4.79 Å². The fourth-order valence-corrected chi connectivity index (χ4v) is 2.05. The molecule has 1 unspecified atom stereocenters. The average molecular weight is 223 g/mol. The number of nitriles is 1. The highest BCUT2D eigenvalue weighted by Gasteiger charge is 2.16. The highest BCUT2D eigenvalue weighted by atomic mass is 16.1. The van der Waals surface area contributed by atoms with Crippen molar-refractivity contribution in [1.29, 1.82) is 5.26 Å². The van der Waals surface area contributed by atoms with Crippen LogP contribution in [0.4, 0.5) is 0 Å². The fourth-order valence-electron chi connectivity index (χ4n) is 2.05. The van der Waals surface area contributed by atoms with Crippen molar-refractivity contribution >= 4 is 5.91 Å². The van der Waals surface area contributed by atoms with Crippen LogP contribution < -0.4 is 10.6 Å². The summed E-state index contributed by atoms with van der Waals surface area (Å²) in [5.74, 6) is 0.00833. The number of rotatable bonds is 6. The molecule has 4 heteroatoms. The van der Waals surface area contributed by atoms with E-state index in [2.05, 4.69) is 16.7 Å². The largest absolute Gasteiger partial charge is 0.351 e. The molecule has 90 valence electrons. The van der Waals surface area contributed by atoms with Crippen LogP contribution in [0.15, 0.2) is 0 Å². The van der Waals surface area contributed by atoms with Gasteiger partial charge in [-0.1, -0.05) is 19.8 Å². The van der Waals surface area contributed by atoms with E-state index in [1.165, 1.54) is 25.7 Å². The third-order valence-corrected chi connectivity index (χ3v) is 3.10. The molecule has 2 N–H and O–H groups in total. The van der Waals surface area contributed by atoms with Gasteiger partial charge in [-0.05, 0) is 19.3 Å². The van der Waals surface area contributed by atoms with Crippen LogP contribution in [0, 0.1) is 11.3 Å². The van der Waals surface area contributed by atoms with E-state index < -0.39 is 0 Å². The van der Waals surface area contributed by atoms with Gasteiger partial charge in [-0.25, -0.2) is 0 Å². The smallest absolute Gasteiger partial charge is 0.234 e. The molecule has 1 aliphatic rings. The van der Waals surface area contributed by atoms with Crippen molar-refractivity contribution in [3.8, 4) is 6.07 Å². The Hall–Kier alpha value is -1.08. The van der Waals surface area contributed by atoms with Crippen LogP contribution in [0.2, 0.25) is 0 Å². The molecule has 1 aliphatic carbocycles. The Kier molecular flexibility index (Phi) is 5.87. The average Bonchev–Trinajstić information content (AvgIpc) is 2.78. The van der Waals surface area contributed by atoms with Crippen LogP contribution in [0.5, 0.6) is 0 Å². The molecule has 0 heterocycles. The number of amides is 1. The lowest BCUT2D eigenvalue weighted by Gasteiger charge is -2.15. The summed E-state index contributed by atoms with van der Waals surface area (Å²) in [6, 6.07) is 2.60. The summed E-state index contributed by atoms with van der Waals surface area (Å²) in [5, 5.41) is 14.7. The van der Waals surface area contributed by atoms with E-state index in [1.54, 1.807) is 0 Å². The minimum Gasteiger partial charge on any atom is -0.351 e. The summed E-state index contributed by atoms with van der Waals surface area (Å²) >= 11 is 0. The van der Waals surface area contributed by atoms with E-state index in [0.717, 1.165) is 6.42 Å². The summed E-state index contributed by atoms with van der Waals surface area (Å²) in [7, 11) is 0. The van der Waals surface area contributed by atoms with Gasteiger partial charge in [0.05, 0.1) is 19.0 Å². The van der Waals surface area contributed by atoms with Crippen LogP contribution in [0.3, 0.4) is 0 Å². The Morgan fingerprint density at radius 3 is 2.75 bits per heavy atom. The second-order valence-electron chi connectivity index (χ2n) is 4.40. The lowest BCUT2D eigenvalue weighted by Crippen LogP contribution is -2.42. The molecule has 4 nitrogen and oxygen atoms in total. The fraction of sp³-hybridized carbons (Fsp3) is 0.833. The monoisotopic (exact) mass is 223 g/mol. The summed E-state index contributed by atoms with van der Waals surface area (Å²) < 4.78 is 0. The van der Waals surface area contributed by atoms with E-state index >= 15 is 0 Å². The molecule has 0 saturated heterocycles. The maximum atomic E-state index is 11.6. The minimum absolute atomic E-state index is 0.00266. The second-order valence-corrected chi connectivity index (χ2v) is 4.40. The van der Waals surface area contributed by atoms with Gasteiger partial charge >= 0.3 is 0 Å². The number of hydrogen-bond donors (Lipinski definition) is 2. The van der Waals surface area contributed by atoms with Crippen molar-refractivity contribution in [3.05, 3.63) is 0 Å². The zero-order valence-electron chi connectivity index (χ0n) is 9.96. The highest BCUT2D eigenvalue weighted by molar-refractivity contribution is 5.78. The van der Waals surface area contributed by atoms with E-state index in [4.69, 9.17) is 5.26 Å². The topological polar surface area (TPSA) is 64.9 Å². The molecule has 16 heavy (non-hydrogen) atoms. The van der Waals surface area contributed by atoms with Crippen molar-refractivity contribution in [3.63, 3.8) is 0 Å². The first kappa shape index (κ1) is 13.0. The molecule has 0 aromatic carbocycles. The Morgan fingerprint density at radius 1 is 1.50 bits per heavy atom. The first-order valence-electron chi connectivity index (χ1n) is 6.16. The Labute approximate surface area is 97.4 Å². The predicted molar refractivity (Wildman–Crippen MR) is 62.7 cm³/mol. The van der Waals surface area contributed by atoms with Crippen molar-refractivity contribution < 1.29 is 4.79 Å². The molecular formula is C12H21N3O. The van der Waals surface area contributed by atoms with E-state index in [0.29, 0.717) is 19.0 Å². The zero-order valence-corrected chi connectivity index (χ0v) is 9.96. The lowest BCUT2D eigenvalue weighted by molar-refractivity contribution is -0.121. The van der Waals surface area contributed by atoms with Crippen LogP contribution in [-0.2, 0) is 4.79 Å². The molecule has 0 spiro atoms. The third kappa shape index (κ3) is 4.63. The molecule has 1 saturated carbocycles. The summed E-state index contributed by atoms with van der Waals surface area (Å²) in [5.41, 5.74) is 0. The minimum atomic E-state index is 0.00266. The maximum absolute atomic E-state index is 11.6. The number of carbonyl (C=O) groups is 1. The van der Waals surface area contributed by atoms with Crippen LogP contribution >= 0.6 is 0 Å². The van der Waals surface area contributed by atoms with Gasteiger partial charge < -0.3 is 10.6 Å². The van der Waals surface area contributed by atoms with Gasteiger partial charge in [-0.3, -0.25) is 4.79 Å². The SMILES string of the molecule is CCC(CC#N)NC(=O)CNC1CCCC1. The molecule has 0 bridgehead atoms. The van der Waals surface area contributed by atoms with Gasteiger partial charge in [-0.15, -0.1) is 0 Å². The molecular weight excluding hydrogens is 202 g/mol. The molecule has 0 aromatic heterocycles. The second kappa shape index (κ2) is 7.24. The van der Waals surface area contributed by atoms with Gasteiger partial charge in [0.1, 0.15) is 0 Å². The van der Waals surface area contributed by atoms with Gasteiger partial charge in [0.25, 0.3) is 0 Å². The normalized spacial score (nSPS) is 18.0. The number of nitrogens with zero attached hydrogens (tertiary/aromatic N) is 1. The van der Waals surface area contributed by atoms with Crippen molar-refractivity contribution in [2.24, 2.45) is 0 Å².